The summed E-state index contributed by atoms with van der Waals surface area (Å²) in [6.45, 7) is 2.16. The Bertz CT molecular complexity index is 321. The van der Waals surface area contributed by atoms with E-state index in [1.165, 1.54) is 32.2 Å². The standard InChI is InChI=1S/C13H19ClN2/c14-12-6-1-2-7-13(12)16-10-8-11-5-3-4-9-15-11/h1-2,6-7,11,15-16H,3-5,8-10H2. The van der Waals surface area contributed by atoms with Crippen molar-refractivity contribution < 1.29 is 0 Å². The van der Waals surface area contributed by atoms with Crippen LogP contribution in [0, 0.1) is 0 Å². The normalized spacial score (nSPS) is 20.7. The van der Waals surface area contributed by atoms with Crippen molar-refractivity contribution in [3.8, 4) is 0 Å². The molecule has 0 radical (unpaired) electrons. The minimum Gasteiger partial charge on any atom is -0.384 e. The number of anilines is 1. The average Bonchev–Trinajstić information content (AvgIpc) is 2.33. The van der Waals surface area contributed by atoms with Gasteiger partial charge in [0.25, 0.3) is 0 Å². The van der Waals surface area contributed by atoms with E-state index in [0.29, 0.717) is 6.04 Å². The maximum Gasteiger partial charge on any atom is 0.0637 e. The van der Waals surface area contributed by atoms with Gasteiger partial charge in [0, 0.05) is 12.6 Å². The average molecular weight is 239 g/mol. The van der Waals surface area contributed by atoms with E-state index in [2.05, 4.69) is 10.6 Å². The fourth-order valence-electron chi connectivity index (χ4n) is 2.16. The second-order valence-electron chi connectivity index (χ2n) is 4.34. The molecule has 0 spiro atoms. The molecule has 0 amide bonds. The molecule has 1 atom stereocenters. The van der Waals surface area contributed by atoms with Gasteiger partial charge in [0.1, 0.15) is 0 Å². The smallest absolute Gasteiger partial charge is 0.0637 e. The quantitative estimate of drug-likeness (QED) is 0.841. The van der Waals surface area contributed by atoms with Crippen LogP contribution in [0.4, 0.5) is 5.69 Å². The lowest BCUT2D eigenvalue weighted by molar-refractivity contribution is 0.389. The topological polar surface area (TPSA) is 24.1 Å². The summed E-state index contributed by atoms with van der Waals surface area (Å²) in [6, 6.07) is 8.59. The van der Waals surface area contributed by atoms with Gasteiger partial charge in [-0.25, -0.2) is 0 Å². The minimum atomic E-state index is 0.684. The summed E-state index contributed by atoms with van der Waals surface area (Å²) >= 11 is 6.07. The monoisotopic (exact) mass is 238 g/mol. The molecule has 2 nitrogen and oxygen atoms in total. The van der Waals surface area contributed by atoms with Gasteiger partial charge in [-0.2, -0.15) is 0 Å². The van der Waals surface area contributed by atoms with E-state index >= 15 is 0 Å². The summed E-state index contributed by atoms with van der Waals surface area (Å²) in [5, 5.41) is 7.74. The van der Waals surface area contributed by atoms with E-state index in [1.54, 1.807) is 0 Å². The first-order chi connectivity index (χ1) is 7.86. The zero-order valence-corrected chi connectivity index (χ0v) is 10.3. The van der Waals surface area contributed by atoms with Crippen LogP contribution in [0.5, 0.6) is 0 Å². The summed E-state index contributed by atoms with van der Waals surface area (Å²) in [5.74, 6) is 0. The van der Waals surface area contributed by atoms with Gasteiger partial charge in [-0.15, -0.1) is 0 Å². The van der Waals surface area contributed by atoms with E-state index in [1.807, 2.05) is 24.3 Å². The molecule has 1 saturated heterocycles. The van der Waals surface area contributed by atoms with Crippen molar-refractivity contribution in [2.24, 2.45) is 0 Å². The maximum atomic E-state index is 6.07. The third-order valence-electron chi connectivity index (χ3n) is 3.09. The van der Waals surface area contributed by atoms with Crippen molar-refractivity contribution in [2.75, 3.05) is 18.4 Å². The second-order valence-corrected chi connectivity index (χ2v) is 4.75. The van der Waals surface area contributed by atoms with Gasteiger partial charge in [0.2, 0.25) is 0 Å². The van der Waals surface area contributed by atoms with E-state index in [4.69, 9.17) is 11.6 Å². The van der Waals surface area contributed by atoms with Gasteiger partial charge in [-0.3, -0.25) is 0 Å². The molecule has 1 aliphatic rings. The first-order valence-electron chi connectivity index (χ1n) is 6.08. The molecule has 1 heterocycles. The molecule has 0 bridgehead atoms. The van der Waals surface area contributed by atoms with Gasteiger partial charge in [0.05, 0.1) is 10.7 Å². The lowest BCUT2D eigenvalue weighted by Gasteiger charge is -2.23. The van der Waals surface area contributed by atoms with Crippen LogP contribution in [-0.4, -0.2) is 19.1 Å². The zero-order chi connectivity index (χ0) is 11.2. The van der Waals surface area contributed by atoms with Crippen LogP contribution in [0.3, 0.4) is 0 Å². The molecule has 3 heteroatoms. The van der Waals surface area contributed by atoms with E-state index in [-0.39, 0.29) is 0 Å². The number of hydrogen-bond donors (Lipinski definition) is 2. The molecule has 1 aliphatic heterocycles. The van der Waals surface area contributed by atoms with Crippen LogP contribution < -0.4 is 10.6 Å². The highest BCUT2D eigenvalue weighted by molar-refractivity contribution is 6.33. The summed E-state index contributed by atoms with van der Waals surface area (Å²) in [5.41, 5.74) is 1.04. The number of para-hydroxylation sites is 1. The highest BCUT2D eigenvalue weighted by atomic mass is 35.5. The molecular formula is C13H19ClN2. The third-order valence-corrected chi connectivity index (χ3v) is 3.42. The van der Waals surface area contributed by atoms with Crippen molar-refractivity contribution in [1.29, 1.82) is 0 Å². The Morgan fingerprint density at radius 2 is 2.19 bits per heavy atom. The maximum absolute atomic E-state index is 6.07. The fourth-order valence-corrected chi connectivity index (χ4v) is 2.36. The molecule has 16 heavy (non-hydrogen) atoms. The third kappa shape index (κ3) is 3.39. The number of halogens is 1. The first kappa shape index (κ1) is 11.7. The van der Waals surface area contributed by atoms with Crippen LogP contribution >= 0.6 is 11.6 Å². The van der Waals surface area contributed by atoms with Gasteiger partial charge in [-0.1, -0.05) is 30.2 Å². The van der Waals surface area contributed by atoms with Gasteiger partial charge in [-0.05, 0) is 37.9 Å². The lowest BCUT2D eigenvalue weighted by Crippen LogP contribution is -2.35. The lowest BCUT2D eigenvalue weighted by atomic mass is 10.0. The highest BCUT2D eigenvalue weighted by Crippen LogP contribution is 2.20. The highest BCUT2D eigenvalue weighted by Gasteiger charge is 2.11. The Labute approximate surface area is 102 Å². The molecule has 1 aromatic carbocycles. The number of benzene rings is 1. The molecular weight excluding hydrogens is 220 g/mol. The van der Waals surface area contributed by atoms with Crippen LogP contribution in [0.1, 0.15) is 25.7 Å². The van der Waals surface area contributed by atoms with Crippen LogP contribution in [0.15, 0.2) is 24.3 Å². The Morgan fingerprint density at radius 3 is 2.94 bits per heavy atom. The first-order valence-corrected chi connectivity index (χ1v) is 6.46. The molecule has 1 aromatic rings. The molecule has 0 saturated carbocycles. The van der Waals surface area contributed by atoms with Gasteiger partial charge >= 0.3 is 0 Å². The molecule has 88 valence electrons. The Balaban J connectivity index is 1.73. The number of nitrogens with one attached hydrogen (secondary N) is 2. The van der Waals surface area contributed by atoms with E-state index in [0.717, 1.165) is 17.3 Å². The Kier molecular flexibility index (Phi) is 4.49. The SMILES string of the molecule is Clc1ccccc1NCCC1CCCCN1. The second kappa shape index (κ2) is 6.12. The minimum absolute atomic E-state index is 0.684. The van der Waals surface area contributed by atoms with E-state index in [9.17, 15) is 0 Å². The largest absolute Gasteiger partial charge is 0.384 e. The van der Waals surface area contributed by atoms with Crippen LogP contribution in [0.2, 0.25) is 5.02 Å². The number of hydrogen-bond acceptors (Lipinski definition) is 2. The summed E-state index contributed by atoms with van der Waals surface area (Å²) in [4.78, 5) is 0. The summed E-state index contributed by atoms with van der Waals surface area (Å²) in [7, 11) is 0. The van der Waals surface area contributed by atoms with Crippen molar-refractivity contribution in [3.05, 3.63) is 29.3 Å². The van der Waals surface area contributed by atoms with Crippen molar-refractivity contribution in [3.63, 3.8) is 0 Å². The Morgan fingerprint density at radius 1 is 1.31 bits per heavy atom. The molecule has 0 aliphatic carbocycles. The zero-order valence-electron chi connectivity index (χ0n) is 9.51. The molecule has 1 fully saturated rings. The van der Waals surface area contributed by atoms with E-state index < -0.39 is 0 Å². The summed E-state index contributed by atoms with van der Waals surface area (Å²) < 4.78 is 0. The van der Waals surface area contributed by atoms with Crippen LogP contribution in [-0.2, 0) is 0 Å². The van der Waals surface area contributed by atoms with Gasteiger partial charge < -0.3 is 10.6 Å². The fraction of sp³-hybridized carbons (Fsp3) is 0.538. The molecule has 0 aromatic heterocycles. The van der Waals surface area contributed by atoms with Gasteiger partial charge in [0.15, 0.2) is 0 Å². The van der Waals surface area contributed by atoms with Crippen molar-refractivity contribution in [1.82, 2.24) is 5.32 Å². The predicted octanol–water partition coefficient (Wildman–Crippen LogP) is 3.28. The van der Waals surface area contributed by atoms with Crippen LogP contribution in [0.25, 0.3) is 0 Å². The number of piperidine rings is 1. The Hall–Kier alpha value is -0.730. The summed E-state index contributed by atoms with van der Waals surface area (Å²) in [6.07, 6.45) is 5.17. The molecule has 2 rings (SSSR count). The van der Waals surface area contributed by atoms with Crippen molar-refractivity contribution >= 4 is 17.3 Å². The molecule has 2 N–H and O–H groups in total. The van der Waals surface area contributed by atoms with Crippen molar-refractivity contribution in [2.45, 2.75) is 31.7 Å². The molecule has 1 unspecified atom stereocenters. The predicted molar refractivity (Wildman–Crippen MR) is 70.2 cm³/mol. The number of rotatable bonds is 4.